The van der Waals surface area contributed by atoms with Crippen molar-refractivity contribution < 1.29 is 0 Å². The molecule has 0 saturated carbocycles. The van der Waals surface area contributed by atoms with Crippen molar-refractivity contribution in [3.8, 4) is 11.4 Å². The summed E-state index contributed by atoms with van der Waals surface area (Å²) in [4.78, 5) is 2.53. The molecule has 1 saturated heterocycles. The lowest BCUT2D eigenvalue weighted by Gasteiger charge is -2.23. The first-order chi connectivity index (χ1) is 10.2. The highest BCUT2D eigenvalue weighted by molar-refractivity contribution is 5.54. The Morgan fingerprint density at radius 3 is 2.62 bits per heavy atom. The van der Waals surface area contributed by atoms with Gasteiger partial charge in [0.2, 0.25) is 0 Å². The minimum Gasteiger partial charge on any atom is -0.313 e. The van der Waals surface area contributed by atoms with Crippen LogP contribution in [-0.2, 0) is 13.6 Å². The van der Waals surface area contributed by atoms with Gasteiger partial charge in [0, 0.05) is 18.7 Å². The molecule has 3 rings (SSSR count). The maximum Gasteiger partial charge on any atom is 0.163 e. The van der Waals surface area contributed by atoms with Gasteiger partial charge in [0.05, 0.1) is 6.54 Å². The Hall–Kier alpha value is -1.68. The van der Waals surface area contributed by atoms with Crippen molar-refractivity contribution in [2.45, 2.75) is 39.3 Å². The van der Waals surface area contributed by atoms with Gasteiger partial charge >= 0.3 is 0 Å². The number of aromatic nitrogens is 3. The average molecular weight is 284 g/mol. The highest BCUT2D eigenvalue weighted by atomic mass is 15.3. The Kier molecular flexibility index (Phi) is 4.06. The van der Waals surface area contributed by atoms with E-state index in [-0.39, 0.29) is 0 Å². The molecule has 2 heterocycles. The summed E-state index contributed by atoms with van der Waals surface area (Å²) in [6, 6.07) is 10.9. The van der Waals surface area contributed by atoms with Gasteiger partial charge in [0.25, 0.3) is 0 Å². The lowest BCUT2D eigenvalue weighted by Crippen LogP contribution is -2.30. The molecule has 0 radical (unpaired) electrons. The fourth-order valence-corrected chi connectivity index (χ4v) is 3.36. The zero-order valence-electron chi connectivity index (χ0n) is 13.2. The fraction of sp³-hybridized carbons (Fsp3) is 0.529. The number of hydrogen-bond acceptors (Lipinski definition) is 3. The summed E-state index contributed by atoms with van der Waals surface area (Å²) in [5, 5.41) is 8.79. The molecule has 0 bridgehead atoms. The minimum atomic E-state index is 0.645. The number of rotatable bonds is 4. The molecule has 1 aliphatic rings. The van der Waals surface area contributed by atoms with Gasteiger partial charge in [0.15, 0.2) is 5.82 Å². The van der Waals surface area contributed by atoms with Gasteiger partial charge in [-0.1, -0.05) is 43.7 Å². The average Bonchev–Trinajstić information content (AvgIpc) is 3.05. The molecule has 4 nitrogen and oxygen atoms in total. The van der Waals surface area contributed by atoms with Crippen molar-refractivity contribution in [1.82, 2.24) is 19.7 Å². The predicted octanol–water partition coefficient (Wildman–Crippen LogP) is 3.10. The highest BCUT2D eigenvalue weighted by Gasteiger charge is 2.30. The Labute approximate surface area is 126 Å². The topological polar surface area (TPSA) is 34.0 Å². The smallest absolute Gasteiger partial charge is 0.163 e. The second-order valence-electron chi connectivity index (χ2n) is 6.03. The maximum absolute atomic E-state index is 4.41. The molecule has 0 spiro atoms. The zero-order chi connectivity index (χ0) is 14.8. The van der Waals surface area contributed by atoms with Gasteiger partial charge in [-0.25, -0.2) is 0 Å². The van der Waals surface area contributed by atoms with Crippen molar-refractivity contribution in [3.05, 3.63) is 36.2 Å². The standard InChI is InChI=1S/C17H24N4/c1-4-14-10-11-21(13(14)2)12-16-18-19-17(20(16)3)15-8-6-5-7-9-15/h5-9,13-14H,4,10-12H2,1-3H3/t13-,14-/m1/s1. The van der Waals surface area contributed by atoms with Crippen molar-refractivity contribution in [3.63, 3.8) is 0 Å². The number of hydrogen-bond donors (Lipinski definition) is 0. The first kappa shape index (κ1) is 14.3. The van der Waals surface area contributed by atoms with Crippen molar-refractivity contribution >= 4 is 0 Å². The van der Waals surface area contributed by atoms with Crippen molar-refractivity contribution in [2.24, 2.45) is 13.0 Å². The van der Waals surface area contributed by atoms with E-state index in [4.69, 9.17) is 0 Å². The summed E-state index contributed by atoms with van der Waals surface area (Å²) in [5.41, 5.74) is 1.12. The van der Waals surface area contributed by atoms with Crippen LogP contribution in [-0.4, -0.2) is 32.3 Å². The van der Waals surface area contributed by atoms with Crippen molar-refractivity contribution in [2.75, 3.05) is 6.54 Å². The van der Waals surface area contributed by atoms with Crippen LogP contribution in [0.1, 0.15) is 32.5 Å². The van der Waals surface area contributed by atoms with Crippen LogP contribution < -0.4 is 0 Å². The molecule has 0 unspecified atom stereocenters. The van der Waals surface area contributed by atoms with Crippen LogP contribution in [0.25, 0.3) is 11.4 Å². The monoisotopic (exact) mass is 284 g/mol. The van der Waals surface area contributed by atoms with Gasteiger partial charge in [-0.3, -0.25) is 4.90 Å². The second-order valence-corrected chi connectivity index (χ2v) is 6.03. The molecule has 0 N–H and O–H groups in total. The molecule has 21 heavy (non-hydrogen) atoms. The molecule has 0 aliphatic carbocycles. The zero-order valence-corrected chi connectivity index (χ0v) is 13.2. The molecular weight excluding hydrogens is 260 g/mol. The lowest BCUT2D eigenvalue weighted by molar-refractivity contribution is 0.224. The summed E-state index contributed by atoms with van der Waals surface area (Å²) < 4.78 is 2.13. The van der Waals surface area contributed by atoms with E-state index >= 15 is 0 Å². The Balaban J connectivity index is 1.78. The molecule has 0 amide bonds. The summed E-state index contributed by atoms with van der Waals surface area (Å²) >= 11 is 0. The van der Waals surface area contributed by atoms with E-state index in [1.807, 2.05) is 18.2 Å². The molecule has 1 fully saturated rings. The van der Waals surface area contributed by atoms with E-state index in [9.17, 15) is 0 Å². The van der Waals surface area contributed by atoms with Crippen LogP contribution in [0.4, 0.5) is 0 Å². The summed E-state index contributed by atoms with van der Waals surface area (Å²) in [7, 11) is 2.07. The number of benzene rings is 1. The highest BCUT2D eigenvalue weighted by Crippen LogP contribution is 2.28. The van der Waals surface area contributed by atoms with Crippen LogP contribution >= 0.6 is 0 Å². The normalized spacial score (nSPS) is 22.8. The first-order valence-electron chi connectivity index (χ1n) is 7.88. The Bertz CT molecular complexity index is 590. The van der Waals surface area contributed by atoms with E-state index in [0.717, 1.165) is 29.7 Å². The Morgan fingerprint density at radius 1 is 1.19 bits per heavy atom. The molecule has 112 valence electrons. The number of nitrogens with zero attached hydrogens (tertiary/aromatic N) is 4. The third-order valence-electron chi connectivity index (χ3n) is 4.91. The molecular formula is C17H24N4. The quantitative estimate of drug-likeness (QED) is 0.865. The molecule has 1 aliphatic heterocycles. The van der Waals surface area contributed by atoms with Gasteiger partial charge in [-0.15, -0.1) is 10.2 Å². The third-order valence-corrected chi connectivity index (χ3v) is 4.91. The third kappa shape index (κ3) is 2.72. The van der Waals surface area contributed by atoms with Crippen LogP contribution in [0, 0.1) is 5.92 Å². The van der Waals surface area contributed by atoms with Gasteiger partial charge < -0.3 is 4.57 Å². The van der Waals surface area contributed by atoms with E-state index < -0.39 is 0 Å². The van der Waals surface area contributed by atoms with Crippen molar-refractivity contribution in [1.29, 1.82) is 0 Å². The number of likely N-dealkylation sites (tertiary alicyclic amines) is 1. The summed E-state index contributed by atoms with van der Waals surface area (Å²) in [6.07, 6.45) is 2.58. The van der Waals surface area contributed by atoms with Crippen LogP contribution in [0.15, 0.2) is 30.3 Å². The molecule has 4 heteroatoms. The lowest BCUT2D eigenvalue weighted by atomic mass is 9.99. The molecule has 1 aromatic carbocycles. The minimum absolute atomic E-state index is 0.645. The SMILES string of the molecule is CC[C@@H]1CCN(Cc2nnc(-c3ccccc3)n2C)[C@@H]1C. The Morgan fingerprint density at radius 2 is 1.95 bits per heavy atom. The van der Waals surface area contributed by atoms with Crippen LogP contribution in [0.3, 0.4) is 0 Å². The van der Waals surface area contributed by atoms with Gasteiger partial charge in [-0.2, -0.15) is 0 Å². The summed E-state index contributed by atoms with van der Waals surface area (Å²) in [5.74, 6) is 2.83. The van der Waals surface area contributed by atoms with E-state index in [2.05, 4.69) is 52.7 Å². The molecule has 2 atom stereocenters. The first-order valence-corrected chi connectivity index (χ1v) is 7.88. The fourth-order valence-electron chi connectivity index (χ4n) is 3.36. The predicted molar refractivity (Wildman–Crippen MR) is 84.7 cm³/mol. The second kappa shape index (κ2) is 5.98. The van der Waals surface area contributed by atoms with E-state index in [0.29, 0.717) is 6.04 Å². The molecule has 1 aromatic heterocycles. The van der Waals surface area contributed by atoms with Crippen LogP contribution in [0.2, 0.25) is 0 Å². The largest absolute Gasteiger partial charge is 0.313 e. The molecule has 2 aromatic rings. The van der Waals surface area contributed by atoms with Gasteiger partial charge in [-0.05, 0) is 25.8 Å². The van der Waals surface area contributed by atoms with E-state index in [1.54, 1.807) is 0 Å². The van der Waals surface area contributed by atoms with E-state index in [1.165, 1.54) is 19.4 Å². The summed E-state index contributed by atoms with van der Waals surface area (Å²) in [6.45, 7) is 6.71. The van der Waals surface area contributed by atoms with Crippen LogP contribution in [0.5, 0.6) is 0 Å². The van der Waals surface area contributed by atoms with Gasteiger partial charge in [0.1, 0.15) is 5.82 Å². The maximum atomic E-state index is 4.41.